The fourth-order valence-corrected chi connectivity index (χ4v) is 2.52. The van der Waals surface area contributed by atoms with E-state index in [1.807, 2.05) is 6.92 Å². The van der Waals surface area contributed by atoms with Crippen molar-refractivity contribution >= 4 is 11.6 Å². The summed E-state index contributed by atoms with van der Waals surface area (Å²) in [7, 11) is 0. The number of benzene rings is 1. The van der Waals surface area contributed by atoms with Crippen molar-refractivity contribution in [2.75, 3.05) is 19.6 Å². The van der Waals surface area contributed by atoms with Gasteiger partial charge in [0, 0.05) is 25.4 Å². The Morgan fingerprint density at radius 3 is 2.60 bits per heavy atom. The predicted molar refractivity (Wildman–Crippen MR) is 70.5 cm³/mol. The lowest BCUT2D eigenvalue weighted by molar-refractivity contribution is -0.126. The Morgan fingerprint density at radius 1 is 1.35 bits per heavy atom. The normalized spacial score (nSPS) is 20.1. The molecule has 0 bridgehead atoms. The van der Waals surface area contributed by atoms with Crippen molar-refractivity contribution in [3.8, 4) is 0 Å². The second-order valence-electron chi connectivity index (χ2n) is 5.08. The summed E-state index contributed by atoms with van der Waals surface area (Å²) in [5.74, 6) is -2.13. The van der Waals surface area contributed by atoms with Crippen molar-refractivity contribution in [1.82, 2.24) is 4.90 Å². The second kappa shape index (κ2) is 6.22. The Bertz CT molecular complexity index is 510. The van der Waals surface area contributed by atoms with Crippen LogP contribution in [0.1, 0.15) is 30.1 Å². The van der Waals surface area contributed by atoms with Crippen LogP contribution in [0.4, 0.5) is 8.78 Å². The van der Waals surface area contributed by atoms with Crippen LogP contribution in [0.5, 0.6) is 0 Å². The van der Waals surface area contributed by atoms with Gasteiger partial charge in [0.1, 0.15) is 17.4 Å². The number of rotatable bonds is 4. The summed E-state index contributed by atoms with van der Waals surface area (Å²) in [6.45, 7) is 2.82. The van der Waals surface area contributed by atoms with Crippen molar-refractivity contribution < 1.29 is 18.4 Å². The largest absolute Gasteiger partial charge is 0.299 e. The highest BCUT2D eigenvalue weighted by Gasteiger charge is 2.28. The van der Waals surface area contributed by atoms with Crippen LogP contribution >= 0.6 is 0 Å². The molecular formula is C15H17F2NO2. The summed E-state index contributed by atoms with van der Waals surface area (Å²) in [5, 5.41) is 0. The minimum absolute atomic E-state index is 0.0539. The van der Waals surface area contributed by atoms with E-state index in [4.69, 9.17) is 0 Å². The first-order chi connectivity index (χ1) is 9.52. The van der Waals surface area contributed by atoms with Crippen molar-refractivity contribution in [2.45, 2.75) is 19.8 Å². The maximum atomic E-state index is 13.5. The maximum Gasteiger partial charge on any atom is 0.182 e. The lowest BCUT2D eigenvalue weighted by Gasteiger charge is -2.30. The minimum Gasteiger partial charge on any atom is -0.299 e. The lowest BCUT2D eigenvalue weighted by atomic mass is 9.94. The van der Waals surface area contributed by atoms with Crippen molar-refractivity contribution in [3.05, 3.63) is 35.4 Å². The summed E-state index contributed by atoms with van der Waals surface area (Å²) >= 11 is 0. The number of nitrogens with zero attached hydrogens (tertiary/aromatic N) is 1. The number of ketones is 2. The smallest absolute Gasteiger partial charge is 0.182 e. The summed E-state index contributed by atoms with van der Waals surface area (Å²) in [6, 6.07) is 3.38. The van der Waals surface area contributed by atoms with Crippen LogP contribution in [-0.4, -0.2) is 36.1 Å². The van der Waals surface area contributed by atoms with Crippen LogP contribution in [0.15, 0.2) is 18.2 Å². The van der Waals surface area contributed by atoms with Crippen molar-refractivity contribution in [3.63, 3.8) is 0 Å². The molecule has 1 heterocycles. The molecule has 1 fully saturated rings. The van der Waals surface area contributed by atoms with Gasteiger partial charge in [0.15, 0.2) is 5.78 Å². The van der Waals surface area contributed by atoms with Gasteiger partial charge in [0.05, 0.1) is 12.1 Å². The number of halogens is 2. The van der Waals surface area contributed by atoms with Gasteiger partial charge < -0.3 is 0 Å². The molecule has 108 valence electrons. The van der Waals surface area contributed by atoms with E-state index >= 15 is 0 Å². The van der Waals surface area contributed by atoms with E-state index in [0.717, 1.165) is 18.6 Å². The highest BCUT2D eigenvalue weighted by molar-refractivity contribution is 5.98. The maximum absolute atomic E-state index is 13.5. The number of carbonyl (C=O) groups excluding carboxylic acids is 2. The molecule has 1 aromatic rings. The van der Waals surface area contributed by atoms with Crippen molar-refractivity contribution in [1.29, 1.82) is 0 Å². The Balaban J connectivity index is 2.07. The van der Waals surface area contributed by atoms with Crippen LogP contribution in [0.2, 0.25) is 0 Å². The van der Waals surface area contributed by atoms with Crippen molar-refractivity contribution in [2.24, 2.45) is 5.92 Å². The van der Waals surface area contributed by atoms with E-state index in [-0.39, 0.29) is 18.2 Å². The number of hydrogen-bond donors (Lipinski definition) is 0. The molecule has 0 spiro atoms. The monoisotopic (exact) mass is 281 g/mol. The molecule has 0 radical (unpaired) electrons. The van der Waals surface area contributed by atoms with E-state index in [2.05, 4.69) is 0 Å². The molecule has 0 N–H and O–H groups in total. The van der Waals surface area contributed by atoms with Crippen LogP contribution in [0, 0.1) is 17.6 Å². The molecule has 0 aromatic heterocycles. The number of carbonyl (C=O) groups is 2. The average Bonchev–Trinajstić information content (AvgIpc) is 2.40. The van der Waals surface area contributed by atoms with E-state index in [9.17, 15) is 18.4 Å². The second-order valence-corrected chi connectivity index (χ2v) is 5.08. The third-order valence-corrected chi connectivity index (χ3v) is 3.71. The molecule has 3 nitrogen and oxygen atoms in total. The van der Waals surface area contributed by atoms with Gasteiger partial charge in [-0.15, -0.1) is 0 Å². The number of Topliss-reactive ketones (excluding diaryl/α,β-unsaturated/α-hetero) is 2. The standard InChI is InChI=1S/C15H17F2NO2/c1-2-10-8-18(7-6-13(10)19)9-14(20)15-11(16)4-3-5-12(15)17/h3-5,10H,2,6-9H2,1H3. The molecule has 1 unspecified atom stereocenters. The first-order valence-electron chi connectivity index (χ1n) is 6.75. The average molecular weight is 281 g/mol. The van der Waals surface area contributed by atoms with Gasteiger partial charge in [-0.1, -0.05) is 13.0 Å². The molecular weight excluding hydrogens is 264 g/mol. The molecule has 2 rings (SSSR count). The predicted octanol–water partition coefficient (Wildman–Crippen LogP) is 2.45. The molecule has 1 atom stereocenters. The highest BCUT2D eigenvalue weighted by atomic mass is 19.1. The lowest BCUT2D eigenvalue weighted by Crippen LogP contribution is -2.43. The Kier molecular flexibility index (Phi) is 4.60. The van der Waals surface area contributed by atoms with Gasteiger partial charge in [-0.3, -0.25) is 14.5 Å². The Hall–Kier alpha value is -1.62. The summed E-state index contributed by atoms with van der Waals surface area (Å²) < 4.78 is 27.1. The molecule has 1 aromatic carbocycles. The Morgan fingerprint density at radius 2 is 2.00 bits per heavy atom. The van der Waals surface area contributed by atoms with Gasteiger partial charge >= 0.3 is 0 Å². The van der Waals surface area contributed by atoms with E-state index in [1.54, 1.807) is 4.90 Å². The molecule has 0 amide bonds. The van der Waals surface area contributed by atoms with Gasteiger partial charge in [-0.05, 0) is 18.6 Å². The van der Waals surface area contributed by atoms with Gasteiger partial charge in [-0.2, -0.15) is 0 Å². The van der Waals surface area contributed by atoms with Crippen LogP contribution in [0.3, 0.4) is 0 Å². The zero-order valence-corrected chi connectivity index (χ0v) is 11.4. The van der Waals surface area contributed by atoms with Gasteiger partial charge in [-0.25, -0.2) is 8.78 Å². The summed E-state index contributed by atoms with van der Waals surface area (Å²) in [5.41, 5.74) is -0.488. The topological polar surface area (TPSA) is 37.4 Å². The van der Waals surface area contributed by atoms with E-state index in [0.29, 0.717) is 19.5 Å². The zero-order chi connectivity index (χ0) is 14.7. The molecule has 1 aliphatic heterocycles. The van der Waals surface area contributed by atoms with Gasteiger partial charge in [0.25, 0.3) is 0 Å². The number of hydrogen-bond acceptors (Lipinski definition) is 3. The quantitative estimate of drug-likeness (QED) is 0.796. The highest BCUT2D eigenvalue weighted by Crippen LogP contribution is 2.18. The first-order valence-corrected chi connectivity index (χ1v) is 6.75. The third kappa shape index (κ3) is 3.10. The molecule has 20 heavy (non-hydrogen) atoms. The first kappa shape index (κ1) is 14.8. The van der Waals surface area contributed by atoms with E-state index < -0.39 is 23.0 Å². The Labute approximate surface area is 116 Å². The van der Waals surface area contributed by atoms with Crippen LogP contribution in [0.25, 0.3) is 0 Å². The molecule has 0 aliphatic carbocycles. The fraction of sp³-hybridized carbons (Fsp3) is 0.467. The third-order valence-electron chi connectivity index (χ3n) is 3.71. The number of likely N-dealkylation sites (tertiary alicyclic amines) is 1. The zero-order valence-electron chi connectivity index (χ0n) is 11.4. The fourth-order valence-electron chi connectivity index (χ4n) is 2.52. The van der Waals surface area contributed by atoms with Crippen LogP contribution < -0.4 is 0 Å². The molecule has 0 saturated carbocycles. The number of piperidine rings is 1. The van der Waals surface area contributed by atoms with Crippen LogP contribution in [-0.2, 0) is 4.79 Å². The summed E-state index contributed by atoms with van der Waals surface area (Å²) in [6.07, 6.45) is 1.11. The minimum atomic E-state index is -0.838. The SMILES string of the molecule is CCC1CN(CC(=O)c2c(F)cccc2F)CCC1=O. The molecule has 5 heteroatoms. The summed E-state index contributed by atoms with van der Waals surface area (Å²) in [4.78, 5) is 25.4. The molecule has 1 aliphatic rings. The molecule has 1 saturated heterocycles. The van der Waals surface area contributed by atoms with Gasteiger partial charge in [0.2, 0.25) is 0 Å². The van der Waals surface area contributed by atoms with E-state index in [1.165, 1.54) is 6.07 Å².